The number of thioether (sulfide) groups is 1. The summed E-state index contributed by atoms with van der Waals surface area (Å²) >= 11 is 1.95. The molecule has 1 atom stereocenters. The van der Waals surface area contributed by atoms with E-state index >= 15 is 0 Å². The first-order valence-corrected chi connectivity index (χ1v) is 3.03. The number of terminal acetylenes is 1. The zero-order valence-electron chi connectivity index (χ0n) is 3.48. The first-order chi connectivity index (χ1) is 2.93. The van der Waals surface area contributed by atoms with Crippen LogP contribution in [0.15, 0.2) is 0 Å². The lowest BCUT2D eigenvalue weighted by molar-refractivity contribution is 1.11. The van der Waals surface area contributed by atoms with Gasteiger partial charge in [0.1, 0.15) is 0 Å². The van der Waals surface area contributed by atoms with E-state index in [2.05, 4.69) is 5.92 Å². The van der Waals surface area contributed by atoms with Crippen LogP contribution in [0.1, 0.15) is 6.42 Å². The molecule has 1 heteroatoms. The van der Waals surface area contributed by atoms with Gasteiger partial charge in [0.05, 0.1) is 0 Å². The molecule has 0 aromatic heterocycles. The van der Waals surface area contributed by atoms with Crippen LogP contribution >= 0.6 is 11.8 Å². The van der Waals surface area contributed by atoms with Gasteiger partial charge in [-0.25, -0.2) is 0 Å². The molecule has 1 fully saturated rings. The SMILES string of the molecule is C#CCC1CS1. The molecule has 1 saturated heterocycles. The van der Waals surface area contributed by atoms with E-state index in [9.17, 15) is 0 Å². The summed E-state index contributed by atoms with van der Waals surface area (Å²) in [5.74, 6) is 3.90. The van der Waals surface area contributed by atoms with E-state index in [1.54, 1.807) is 0 Å². The van der Waals surface area contributed by atoms with Gasteiger partial charge in [0.2, 0.25) is 0 Å². The predicted octanol–water partition coefficient (Wildman–Crippen LogP) is 1.13. The summed E-state index contributed by atoms with van der Waals surface area (Å²) < 4.78 is 0. The Morgan fingerprint density at radius 3 is 2.83 bits per heavy atom. The van der Waals surface area contributed by atoms with Crippen molar-refractivity contribution in [1.82, 2.24) is 0 Å². The molecule has 0 radical (unpaired) electrons. The summed E-state index contributed by atoms with van der Waals surface area (Å²) in [7, 11) is 0. The molecule has 0 bridgehead atoms. The third-order valence-electron chi connectivity index (χ3n) is 0.748. The Bertz CT molecular complexity index is 76.4. The van der Waals surface area contributed by atoms with E-state index in [1.165, 1.54) is 5.75 Å². The van der Waals surface area contributed by atoms with Gasteiger partial charge in [-0.15, -0.1) is 12.3 Å². The fourth-order valence-electron chi connectivity index (χ4n) is 0.317. The van der Waals surface area contributed by atoms with Crippen molar-refractivity contribution in [3.63, 3.8) is 0 Å². The summed E-state index contributed by atoms with van der Waals surface area (Å²) in [5.41, 5.74) is 0. The molecule has 1 aliphatic rings. The number of hydrogen-bond acceptors (Lipinski definition) is 1. The Hall–Kier alpha value is -0.0900. The molecule has 1 rings (SSSR count). The molecule has 0 N–H and O–H groups in total. The lowest BCUT2D eigenvalue weighted by Gasteiger charge is -1.71. The van der Waals surface area contributed by atoms with Crippen LogP contribution in [0.4, 0.5) is 0 Å². The highest BCUT2D eigenvalue weighted by molar-refractivity contribution is 8.06. The molecule has 0 saturated carbocycles. The highest BCUT2D eigenvalue weighted by Gasteiger charge is 2.19. The highest BCUT2D eigenvalue weighted by Crippen LogP contribution is 2.32. The molecule has 0 aliphatic carbocycles. The topological polar surface area (TPSA) is 0 Å². The van der Waals surface area contributed by atoms with Gasteiger partial charge in [0, 0.05) is 17.4 Å². The fraction of sp³-hybridized carbons (Fsp3) is 0.600. The minimum atomic E-state index is 0.829. The average Bonchev–Trinajstić information content (AvgIpc) is 2.21. The Morgan fingerprint density at radius 1 is 2.00 bits per heavy atom. The molecule has 1 unspecified atom stereocenters. The van der Waals surface area contributed by atoms with Crippen molar-refractivity contribution in [2.24, 2.45) is 0 Å². The Labute approximate surface area is 42.3 Å². The van der Waals surface area contributed by atoms with Crippen molar-refractivity contribution in [2.75, 3.05) is 5.75 Å². The molecular weight excluding hydrogens is 92.1 g/mol. The van der Waals surface area contributed by atoms with Gasteiger partial charge in [0.25, 0.3) is 0 Å². The van der Waals surface area contributed by atoms with Gasteiger partial charge < -0.3 is 0 Å². The second-order valence-corrected chi connectivity index (χ2v) is 2.70. The highest BCUT2D eigenvalue weighted by atomic mass is 32.2. The fourth-order valence-corrected chi connectivity index (χ4v) is 0.785. The van der Waals surface area contributed by atoms with Crippen molar-refractivity contribution < 1.29 is 0 Å². The summed E-state index contributed by atoms with van der Waals surface area (Å²) in [4.78, 5) is 0. The quantitative estimate of drug-likeness (QED) is 0.350. The van der Waals surface area contributed by atoms with Gasteiger partial charge in [-0.3, -0.25) is 0 Å². The van der Waals surface area contributed by atoms with Gasteiger partial charge in [-0.05, 0) is 0 Å². The minimum Gasteiger partial charge on any atom is -0.156 e. The predicted molar refractivity (Wildman–Crippen MR) is 29.7 cm³/mol. The lowest BCUT2D eigenvalue weighted by Crippen LogP contribution is -1.74. The first-order valence-electron chi connectivity index (χ1n) is 1.98. The Morgan fingerprint density at radius 2 is 2.67 bits per heavy atom. The van der Waals surface area contributed by atoms with Crippen LogP contribution in [0.2, 0.25) is 0 Å². The van der Waals surface area contributed by atoms with Crippen LogP contribution in [-0.2, 0) is 0 Å². The van der Waals surface area contributed by atoms with E-state index in [-0.39, 0.29) is 0 Å². The van der Waals surface area contributed by atoms with E-state index in [1.807, 2.05) is 11.8 Å². The molecule has 1 heterocycles. The molecule has 0 amide bonds. The normalized spacial score (nSPS) is 28.8. The summed E-state index contributed by atoms with van der Waals surface area (Å²) in [6, 6.07) is 0. The van der Waals surface area contributed by atoms with Gasteiger partial charge >= 0.3 is 0 Å². The molecule has 32 valence electrons. The smallest absolute Gasteiger partial charge is 0.0248 e. The van der Waals surface area contributed by atoms with Gasteiger partial charge in [-0.1, -0.05) is 0 Å². The second-order valence-electron chi connectivity index (χ2n) is 1.36. The number of rotatable bonds is 1. The monoisotopic (exact) mass is 98.0 g/mol. The third-order valence-corrected chi connectivity index (χ3v) is 1.72. The van der Waals surface area contributed by atoms with Crippen LogP contribution in [0, 0.1) is 12.3 Å². The van der Waals surface area contributed by atoms with E-state index in [0.717, 1.165) is 11.7 Å². The van der Waals surface area contributed by atoms with Crippen molar-refractivity contribution in [2.45, 2.75) is 11.7 Å². The van der Waals surface area contributed by atoms with Crippen molar-refractivity contribution in [3.8, 4) is 12.3 Å². The molecule has 0 nitrogen and oxygen atoms in total. The zero-order valence-corrected chi connectivity index (χ0v) is 4.29. The average molecular weight is 98.2 g/mol. The lowest BCUT2D eigenvalue weighted by atomic mass is 10.4. The Kier molecular flexibility index (Phi) is 1.07. The molecule has 0 aromatic rings. The van der Waals surface area contributed by atoms with E-state index in [4.69, 9.17) is 6.42 Å². The van der Waals surface area contributed by atoms with Gasteiger partial charge in [0.15, 0.2) is 0 Å². The zero-order chi connectivity index (χ0) is 4.41. The minimum absolute atomic E-state index is 0.829. The summed E-state index contributed by atoms with van der Waals surface area (Å²) in [5, 5.41) is 0.829. The van der Waals surface area contributed by atoms with Crippen molar-refractivity contribution in [3.05, 3.63) is 0 Å². The molecular formula is C5H6S. The standard InChI is InChI=1S/C5H6S/c1-2-3-5-4-6-5/h1,5H,3-4H2. The first kappa shape index (κ1) is 4.08. The molecule has 0 aromatic carbocycles. The third kappa shape index (κ3) is 0.948. The maximum Gasteiger partial charge on any atom is 0.0248 e. The van der Waals surface area contributed by atoms with Crippen LogP contribution < -0.4 is 0 Å². The summed E-state index contributed by atoms with van der Waals surface area (Å²) in [6.45, 7) is 0. The second kappa shape index (κ2) is 1.57. The van der Waals surface area contributed by atoms with E-state index in [0.29, 0.717) is 0 Å². The number of hydrogen-bond donors (Lipinski definition) is 0. The van der Waals surface area contributed by atoms with Crippen molar-refractivity contribution >= 4 is 11.8 Å². The van der Waals surface area contributed by atoms with E-state index < -0.39 is 0 Å². The maximum atomic E-state index is 5.01. The van der Waals surface area contributed by atoms with Crippen molar-refractivity contribution in [1.29, 1.82) is 0 Å². The van der Waals surface area contributed by atoms with Crippen LogP contribution in [-0.4, -0.2) is 11.0 Å². The summed E-state index contributed by atoms with van der Waals surface area (Å²) in [6.07, 6.45) is 5.98. The molecule has 6 heavy (non-hydrogen) atoms. The van der Waals surface area contributed by atoms with Crippen LogP contribution in [0.3, 0.4) is 0 Å². The molecule has 0 spiro atoms. The Balaban J connectivity index is 2.05. The van der Waals surface area contributed by atoms with Crippen LogP contribution in [0.25, 0.3) is 0 Å². The van der Waals surface area contributed by atoms with Gasteiger partial charge in [-0.2, -0.15) is 11.8 Å². The van der Waals surface area contributed by atoms with Crippen LogP contribution in [0.5, 0.6) is 0 Å². The largest absolute Gasteiger partial charge is 0.156 e. The molecule has 1 aliphatic heterocycles. The maximum absolute atomic E-state index is 5.01.